The van der Waals surface area contributed by atoms with Crippen molar-refractivity contribution in [2.75, 3.05) is 42.3 Å². The maximum absolute atomic E-state index is 12.6. The Balaban J connectivity index is 1.26. The first-order valence-electron chi connectivity index (χ1n) is 9.99. The molecular formula is C19H22N6O2S2. The topological polar surface area (TPSA) is 96.1 Å². The zero-order valence-electron chi connectivity index (χ0n) is 16.0. The molecule has 3 heterocycles. The second kappa shape index (κ2) is 7.97. The molecule has 1 saturated carbocycles. The van der Waals surface area contributed by atoms with Crippen molar-refractivity contribution in [1.82, 2.24) is 14.8 Å². The summed E-state index contributed by atoms with van der Waals surface area (Å²) in [5.41, 5.74) is 1.78. The monoisotopic (exact) mass is 430 g/mol. The molecule has 0 spiro atoms. The van der Waals surface area contributed by atoms with Crippen LogP contribution in [0.1, 0.15) is 41.3 Å². The molecule has 1 N–H and O–H groups in total. The molecule has 0 bridgehead atoms. The molecule has 5 rings (SSSR count). The molecule has 0 radical (unpaired) electrons. The maximum Gasteiger partial charge on any atom is 0.235 e. The van der Waals surface area contributed by atoms with Crippen molar-refractivity contribution in [3.63, 3.8) is 0 Å². The molecule has 2 aliphatic carbocycles. The maximum atomic E-state index is 12.6. The first-order valence-corrected chi connectivity index (χ1v) is 11.8. The average molecular weight is 431 g/mol. The Bertz CT molecular complexity index is 968. The average Bonchev–Trinajstić information content (AvgIpc) is 3.18. The van der Waals surface area contributed by atoms with Crippen LogP contribution in [0.15, 0.2) is 5.16 Å². The number of carbonyl (C=O) groups is 1. The second-order valence-corrected chi connectivity index (χ2v) is 9.54. The highest BCUT2D eigenvalue weighted by Gasteiger charge is 2.32. The first-order chi connectivity index (χ1) is 14.2. The highest BCUT2D eigenvalue weighted by atomic mass is 32.2. The van der Waals surface area contributed by atoms with Gasteiger partial charge in [0.05, 0.1) is 24.5 Å². The van der Waals surface area contributed by atoms with Gasteiger partial charge in [-0.1, -0.05) is 11.8 Å². The Hall–Kier alpha value is -2.09. The van der Waals surface area contributed by atoms with Crippen LogP contribution in [0.4, 0.5) is 10.9 Å². The van der Waals surface area contributed by atoms with Crippen LogP contribution in [0.25, 0.3) is 0 Å². The third kappa shape index (κ3) is 3.74. The Morgan fingerprint density at radius 3 is 2.90 bits per heavy atom. The minimum Gasteiger partial charge on any atom is -0.378 e. The van der Waals surface area contributed by atoms with Crippen molar-refractivity contribution in [3.8, 4) is 6.07 Å². The number of carbonyl (C=O) groups excluding carboxylic acids is 1. The summed E-state index contributed by atoms with van der Waals surface area (Å²) in [7, 11) is 0. The number of nitrogens with one attached hydrogen (secondary N) is 1. The molecule has 0 unspecified atom stereocenters. The minimum atomic E-state index is -0.107. The van der Waals surface area contributed by atoms with Crippen LogP contribution in [-0.4, -0.2) is 52.7 Å². The quantitative estimate of drug-likeness (QED) is 0.704. The lowest BCUT2D eigenvalue weighted by Crippen LogP contribution is -2.38. The van der Waals surface area contributed by atoms with Gasteiger partial charge in [0.2, 0.25) is 11.9 Å². The van der Waals surface area contributed by atoms with Crippen LogP contribution in [0.2, 0.25) is 0 Å². The van der Waals surface area contributed by atoms with E-state index in [1.807, 2.05) is 0 Å². The van der Waals surface area contributed by atoms with Gasteiger partial charge in [0.25, 0.3) is 0 Å². The van der Waals surface area contributed by atoms with E-state index in [1.165, 1.54) is 16.6 Å². The van der Waals surface area contributed by atoms with Crippen LogP contribution < -0.4 is 10.2 Å². The van der Waals surface area contributed by atoms with Crippen LogP contribution in [0.5, 0.6) is 0 Å². The minimum absolute atomic E-state index is 0.107. The van der Waals surface area contributed by atoms with Crippen LogP contribution in [-0.2, 0) is 22.4 Å². The van der Waals surface area contributed by atoms with Crippen molar-refractivity contribution in [2.24, 2.45) is 0 Å². The summed E-state index contributed by atoms with van der Waals surface area (Å²) in [6.07, 6.45) is 5.30. The number of aryl methyl sites for hydroxylation is 1. The van der Waals surface area contributed by atoms with E-state index in [9.17, 15) is 10.1 Å². The number of nitriles is 1. The van der Waals surface area contributed by atoms with E-state index in [-0.39, 0.29) is 11.7 Å². The van der Waals surface area contributed by atoms with Crippen molar-refractivity contribution < 1.29 is 9.53 Å². The van der Waals surface area contributed by atoms with E-state index in [4.69, 9.17) is 4.74 Å². The first kappa shape index (κ1) is 18.9. The van der Waals surface area contributed by atoms with Gasteiger partial charge in [-0.05, 0) is 37.7 Å². The van der Waals surface area contributed by atoms with Gasteiger partial charge in [-0.25, -0.2) is 0 Å². The molecule has 0 atom stereocenters. The van der Waals surface area contributed by atoms with E-state index >= 15 is 0 Å². The number of fused-ring (bicyclic) bond motifs is 1. The van der Waals surface area contributed by atoms with Crippen molar-refractivity contribution >= 4 is 40.0 Å². The summed E-state index contributed by atoms with van der Waals surface area (Å²) in [5, 5.41) is 22.7. The molecule has 8 nitrogen and oxygen atoms in total. The number of morpholine rings is 1. The summed E-state index contributed by atoms with van der Waals surface area (Å²) < 4.78 is 7.63. The van der Waals surface area contributed by atoms with Gasteiger partial charge in [-0.2, -0.15) is 5.26 Å². The van der Waals surface area contributed by atoms with Gasteiger partial charge in [0.1, 0.15) is 11.1 Å². The largest absolute Gasteiger partial charge is 0.378 e. The fourth-order valence-corrected chi connectivity index (χ4v) is 5.96. The number of hydrogen-bond donors (Lipinski definition) is 1. The molecule has 10 heteroatoms. The van der Waals surface area contributed by atoms with Crippen LogP contribution >= 0.6 is 23.1 Å². The lowest BCUT2D eigenvalue weighted by Gasteiger charge is -2.27. The van der Waals surface area contributed by atoms with Gasteiger partial charge in [0.15, 0.2) is 5.16 Å². The Morgan fingerprint density at radius 1 is 1.31 bits per heavy atom. The zero-order valence-corrected chi connectivity index (χ0v) is 17.7. The number of anilines is 2. The van der Waals surface area contributed by atoms with Crippen LogP contribution in [0, 0.1) is 11.3 Å². The summed E-state index contributed by atoms with van der Waals surface area (Å²) in [6.45, 7) is 3.04. The molecule has 1 aliphatic heterocycles. The van der Waals surface area contributed by atoms with E-state index in [1.54, 1.807) is 11.3 Å². The molecule has 2 aromatic heterocycles. The molecular weight excluding hydrogens is 408 g/mol. The molecule has 152 valence electrons. The van der Waals surface area contributed by atoms with Crippen LogP contribution in [0.3, 0.4) is 0 Å². The third-order valence-electron chi connectivity index (χ3n) is 5.47. The highest BCUT2D eigenvalue weighted by molar-refractivity contribution is 7.99. The van der Waals surface area contributed by atoms with Crippen molar-refractivity contribution in [3.05, 3.63) is 16.0 Å². The molecule has 2 aromatic rings. The Morgan fingerprint density at radius 2 is 2.14 bits per heavy atom. The van der Waals surface area contributed by atoms with Crippen molar-refractivity contribution in [2.45, 2.75) is 43.3 Å². The smallest absolute Gasteiger partial charge is 0.235 e. The molecule has 29 heavy (non-hydrogen) atoms. The molecule has 3 aliphatic rings. The summed E-state index contributed by atoms with van der Waals surface area (Å²) in [4.78, 5) is 16.0. The normalized spacial score (nSPS) is 18.5. The van der Waals surface area contributed by atoms with Crippen molar-refractivity contribution in [1.29, 1.82) is 5.26 Å². The lowest BCUT2D eigenvalue weighted by atomic mass is 10.1. The number of ether oxygens (including phenoxy) is 1. The molecule has 1 saturated heterocycles. The van der Waals surface area contributed by atoms with Gasteiger partial charge < -0.3 is 15.0 Å². The fraction of sp³-hybridized carbons (Fsp3) is 0.579. The third-order valence-corrected chi connectivity index (χ3v) is 7.62. The highest BCUT2D eigenvalue weighted by Crippen LogP contribution is 2.41. The lowest BCUT2D eigenvalue weighted by molar-refractivity contribution is -0.113. The van der Waals surface area contributed by atoms with E-state index < -0.39 is 0 Å². The number of hydrogen-bond acceptors (Lipinski definition) is 8. The zero-order chi connectivity index (χ0) is 19.8. The van der Waals surface area contributed by atoms with E-state index in [0.29, 0.717) is 29.8 Å². The summed E-state index contributed by atoms with van der Waals surface area (Å²) in [6, 6.07) is 2.70. The standard InChI is InChI=1S/C19H22N6O2S2/c20-10-14-13-2-1-3-15(13)29-17(14)21-16(26)11-28-19-23-22-18(25(19)12-4-5-12)24-6-8-27-9-7-24/h12H,1-9,11H2,(H,21,26). The number of rotatable bonds is 6. The number of nitrogens with zero attached hydrogens (tertiary/aromatic N) is 5. The second-order valence-electron chi connectivity index (χ2n) is 7.49. The molecule has 2 fully saturated rings. The van der Waals surface area contributed by atoms with Gasteiger partial charge in [-0.15, -0.1) is 21.5 Å². The SMILES string of the molecule is N#Cc1c(NC(=O)CSc2nnc(N3CCOCC3)n2C2CC2)sc2c1CCC2. The Kier molecular flexibility index (Phi) is 5.20. The number of thiophene rings is 1. The van der Waals surface area contributed by atoms with E-state index in [0.717, 1.165) is 61.9 Å². The fourth-order valence-electron chi connectivity index (χ4n) is 3.90. The summed E-state index contributed by atoms with van der Waals surface area (Å²) in [5.74, 6) is 1.03. The number of amides is 1. The Labute approximate surface area is 177 Å². The predicted octanol–water partition coefficient (Wildman–Crippen LogP) is 2.60. The van der Waals surface area contributed by atoms with Gasteiger partial charge >= 0.3 is 0 Å². The van der Waals surface area contributed by atoms with E-state index in [2.05, 4.69) is 31.1 Å². The van der Waals surface area contributed by atoms with Gasteiger partial charge in [-0.3, -0.25) is 9.36 Å². The molecule has 1 amide bonds. The summed E-state index contributed by atoms with van der Waals surface area (Å²) >= 11 is 2.96. The number of aromatic nitrogens is 3. The predicted molar refractivity (Wildman–Crippen MR) is 112 cm³/mol. The molecule has 0 aromatic carbocycles. The van der Waals surface area contributed by atoms with Gasteiger partial charge in [0, 0.05) is 24.0 Å². The number of thioether (sulfide) groups is 1.